The zero-order chi connectivity index (χ0) is 38.1. The Bertz CT molecular complexity index is 1080. The van der Waals surface area contributed by atoms with Gasteiger partial charge in [0.25, 0.3) is 0 Å². The molecule has 0 aromatic carbocycles. The lowest BCUT2D eigenvalue weighted by Crippen LogP contribution is -2.60. The van der Waals surface area contributed by atoms with Gasteiger partial charge < -0.3 is 40.3 Å². The summed E-state index contributed by atoms with van der Waals surface area (Å²) in [5, 5.41) is 53.8. The number of amides is 1. The number of rotatable bonds is 30. The van der Waals surface area contributed by atoms with Crippen molar-refractivity contribution in [3.63, 3.8) is 0 Å². The van der Waals surface area contributed by atoms with Crippen LogP contribution in [-0.4, -0.2) is 87.5 Å². The molecule has 52 heavy (non-hydrogen) atoms. The third-order valence-electron chi connectivity index (χ3n) is 8.73. The number of hydrogen-bond acceptors (Lipinski definition) is 8. The maximum atomic E-state index is 12.8. The van der Waals surface area contributed by atoms with E-state index in [-0.39, 0.29) is 18.9 Å². The molecule has 1 rings (SSSR count). The molecule has 0 spiro atoms. The molecule has 1 heterocycles. The van der Waals surface area contributed by atoms with Crippen LogP contribution in [0.1, 0.15) is 123 Å². The van der Waals surface area contributed by atoms with E-state index in [1.807, 2.05) is 18.2 Å². The second kappa shape index (κ2) is 33.0. The molecule has 0 aliphatic carbocycles. The Morgan fingerprint density at radius 1 is 0.673 bits per heavy atom. The lowest BCUT2D eigenvalue weighted by Gasteiger charge is -2.40. The van der Waals surface area contributed by atoms with Crippen LogP contribution < -0.4 is 5.32 Å². The molecule has 7 unspecified atom stereocenters. The fourth-order valence-corrected chi connectivity index (χ4v) is 5.53. The van der Waals surface area contributed by atoms with Gasteiger partial charge in [-0.1, -0.05) is 144 Å². The predicted octanol–water partition coefficient (Wildman–Crippen LogP) is 7.21. The molecule has 1 aliphatic rings. The highest BCUT2D eigenvalue weighted by atomic mass is 16.7. The standard InChI is InChI=1S/C43H71NO8/c1-3-5-7-9-11-13-15-17-19-21-23-25-27-29-31-33-39(47)44-36(35-51-43-42(50)41(49)40(48)38(34-45)52-43)37(46)32-30-28-26-24-22-20-18-16-14-12-10-8-6-4-2/h5,7,11,13,17,19,22-25,29-32,36-38,40-43,45-46,48-50H,3-4,6,8-10,12,14-16,18,20-21,26-28,33-35H2,1-2H3,(H,44,47)/b7-5-,13-11-,19-17-,24-22+,25-23-,31-29-,32-30+. The molecule has 0 aromatic rings. The summed E-state index contributed by atoms with van der Waals surface area (Å²) in [4.78, 5) is 12.8. The van der Waals surface area contributed by atoms with Gasteiger partial charge in [-0.05, 0) is 57.8 Å². The first kappa shape index (κ1) is 47.4. The lowest BCUT2D eigenvalue weighted by molar-refractivity contribution is -0.302. The number of ether oxygens (including phenoxy) is 2. The summed E-state index contributed by atoms with van der Waals surface area (Å²) in [5.41, 5.74) is 0. The van der Waals surface area contributed by atoms with Gasteiger partial charge in [-0.2, -0.15) is 0 Å². The molecule has 6 N–H and O–H groups in total. The number of allylic oxidation sites excluding steroid dienone is 12. The third kappa shape index (κ3) is 23.8. The summed E-state index contributed by atoms with van der Waals surface area (Å²) in [6.45, 7) is 3.53. The minimum absolute atomic E-state index is 0.101. The Kier molecular flexibility index (Phi) is 30.1. The highest BCUT2D eigenvalue weighted by Gasteiger charge is 2.44. The van der Waals surface area contributed by atoms with Crippen LogP contribution in [0, 0.1) is 0 Å². The first-order valence-corrected chi connectivity index (χ1v) is 19.8. The van der Waals surface area contributed by atoms with Gasteiger partial charge >= 0.3 is 0 Å². The van der Waals surface area contributed by atoms with Crippen molar-refractivity contribution in [1.82, 2.24) is 5.32 Å². The Morgan fingerprint density at radius 2 is 1.21 bits per heavy atom. The SMILES string of the molecule is CC/C=C\C/C=C\C/C=C\C/C=C\C/C=C\CC(=O)NC(COC1OC(CO)C(O)C(O)C1O)C(O)/C=C/CC/C=C/CCCCCCCCCC. The molecule has 1 saturated heterocycles. The zero-order valence-electron chi connectivity index (χ0n) is 32.0. The Morgan fingerprint density at radius 3 is 1.81 bits per heavy atom. The number of hydrogen-bond donors (Lipinski definition) is 6. The maximum Gasteiger partial charge on any atom is 0.224 e. The Labute approximate surface area is 314 Å². The molecule has 0 saturated carbocycles. The van der Waals surface area contributed by atoms with Crippen molar-refractivity contribution in [2.45, 2.75) is 166 Å². The van der Waals surface area contributed by atoms with Gasteiger partial charge in [0, 0.05) is 6.42 Å². The van der Waals surface area contributed by atoms with E-state index in [4.69, 9.17) is 9.47 Å². The number of aliphatic hydroxyl groups is 5. The molecule has 7 atom stereocenters. The summed E-state index contributed by atoms with van der Waals surface area (Å²) in [5.74, 6) is -0.319. The van der Waals surface area contributed by atoms with Crippen LogP contribution in [0.2, 0.25) is 0 Å². The number of nitrogens with one attached hydrogen (secondary N) is 1. The van der Waals surface area contributed by atoms with Crippen molar-refractivity contribution in [3.8, 4) is 0 Å². The molecule has 9 heteroatoms. The van der Waals surface area contributed by atoms with Crippen LogP contribution in [0.3, 0.4) is 0 Å². The van der Waals surface area contributed by atoms with E-state index < -0.39 is 49.5 Å². The third-order valence-corrected chi connectivity index (χ3v) is 8.73. The normalized spacial score (nSPS) is 22.8. The van der Waals surface area contributed by atoms with E-state index in [0.717, 1.165) is 44.9 Å². The molecular formula is C43H71NO8. The van der Waals surface area contributed by atoms with Crippen molar-refractivity contribution in [2.24, 2.45) is 0 Å². The van der Waals surface area contributed by atoms with E-state index in [0.29, 0.717) is 6.42 Å². The average Bonchev–Trinajstić information content (AvgIpc) is 3.14. The summed E-state index contributed by atoms with van der Waals surface area (Å²) in [7, 11) is 0. The lowest BCUT2D eigenvalue weighted by atomic mass is 9.99. The van der Waals surface area contributed by atoms with Crippen LogP contribution in [0.4, 0.5) is 0 Å². The molecule has 1 aliphatic heterocycles. The predicted molar refractivity (Wildman–Crippen MR) is 211 cm³/mol. The van der Waals surface area contributed by atoms with E-state index in [2.05, 4.69) is 73.8 Å². The summed E-state index contributed by atoms with van der Waals surface area (Å²) < 4.78 is 11.1. The molecular weight excluding hydrogens is 658 g/mol. The van der Waals surface area contributed by atoms with Crippen LogP contribution in [0.5, 0.6) is 0 Å². The molecule has 1 amide bonds. The van der Waals surface area contributed by atoms with Gasteiger partial charge in [0.05, 0.1) is 25.4 Å². The van der Waals surface area contributed by atoms with Crippen LogP contribution in [0.25, 0.3) is 0 Å². The minimum Gasteiger partial charge on any atom is -0.394 e. The quantitative estimate of drug-likeness (QED) is 0.0336. The minimum atomic E-state index is -1.59. The van der Waals surface area contributed by atoms with Crippen molar-refractivity contribution in [1.29, 1.82) is 0 Å². The molecule has 296 valence electrons. The van der Waals surface area contributed by atoms with E-state index >= 15 is 0 Å². The van der Waals surface area contributed by atoms with Gasteiger partial charge in [0.1, 0.15) is 24.4 Å². The Hall–Kier alpha value is -2.63. The van der Waals surface area contributed by atoms with Gasteiger partial charge in [-0.3, -0.25) is 4.79 Å². The second-order valence-corrected chi connectivity index (χ2v) is 13.3. The topological polar surface area (TPSA) is 149 Å². The number of aliphatic hydroxyl groups excluding tert-OH is 5. The monoisotopic (exact) mass is 730 g/mol. The largest absolute Gasteiger partial charge is 0.394 e. The van der Waals surface area contributed by atoms with Crippen LogP contribution in [0.15, 0.2) is 85.1 Å². The van der Waals surface area contributed by atoms with Crippen LogP contribution >= 0.6 is 0 Å². The van der Waals surface area contributed by atoms with Crippen molar-refractivity contribution in [3.05, 3.63) is 85.1 Å². The molecule has 0 radical (unpaired) electrons. The smallest absolute Gasteiger partial charge is 0.224 e. The fourth-order valence-electron chi connectivity index (χ4n) is 5.53. The summed E-state index contributed by atoms with van der Waals surface area (Å²) >= 11 is 0. The van der Waals surface area contributed by atoms with Gasteiger partial charge in [0.15, 0.2) is 6.29 Å². The molecule has 0 aromatic heterocycles. The number of unbranched alkanes of at least 4 members (excludes halogenated alkanes) is 9. The van der Waals surface area contributed by atoms with Crippen LogP contribution in [-0.2, 0) is 14.3 Å². The summed E-state index contributed by atoms with van der Waals surface area (Å²) in [6.07, 6.45) is 37.9. The molecule has 0 bridgehead atoms. The van der Waals surface area contributed by atoms with E-state index in [9.17, 15) is 30.3 Å². The maximum absolute atomic E-state index is 12.8. The number of carbonyl (C=O) groups excluding carboxylic acids is 1. The highest BCUT2D eigenvalue weighted by Crippen LogP contribution is 2.22. The van der Waals surface area contributed by atoms with Crippen molar-refractivity contribution < 1.29 is 39.8 Å². The van der Waals surface area contributed by atoms with Gasteiger partial charge in [0.2, 0.25) is 5.91 Å². The Balaban J connectivity index is 2.56. The van der Waals surface area contributed by atoms with Crippen molar-refractivity contribution in [2.75, 3.05) is 13.2 Å². The second-order valence-electron chi connectivity index (χ2n) is 13.3. The summed E-state index contributed by atoms with van der Waals surface area (Å²) in [6, 6.07) is -0.878. The average molecular weight is 730 g/mol. The zero-order valence-corrected chi connectivity index (χ0v) is 32.0. The highest BCUT2D eigenvalue weighted by molar-refractivity contribution is 5.77. The first-order chi connectivity index (χ1) is 25.3. The van der Waals surface area contributed by atoms with E-state index in [1.165, 1.54) is 51.4 Å². The first-order valence-electron chi connectivity index (χ1n) is 19.8. The van der Waals surface area contributed by atoms with E-state index in [1.54, 1.807) is 12.2 Å². The molecule has 1 fully saturated rings. The number of carbonyl (C=O) groups is 1. The van der Waals surface area contributed by atoms with Gasteiger partial charge in [-0.15, -0.1) is 0 Å². The molecule has 9 nitrogen and oxygen atoms in total. The van der Waals surface area contributed by atoms with Gasteiger partial charge in [-0.25, -0.2) is 0 Å². The van der Waals surface area contributed by atoms with Crippen molar-refractivity contribution >= 4 is 5.91 Å². The fraction of sp³-hybridized carbons (Fsp3) is 0.651.